The highest BCUT2D eigenvalue weighted by Gasteiger charge is 2.37. The molecule has 0 atom stereocenters. The van der Waals surface area contributed by atoms with Gasteiger partial charge in [-0.15, -0.1) is 0 Å². The Balaban J connectivity index is 0.000000194. The number of likely N-dealkylation sites (tertiary alicyclic amines) is 1. The van der Waals surface area contributed by atoms with E-state index in [1.165, 1.54) is 13.8 Å². The monoisotopic (exact) mass is 974 g/mol. The lowest BCUT2D eigenvalue weighted by Gasteiger charge is -2.36. The summed E-state index contributed by atoms with van der Waals surface area (Å²) >= 11 is 0. The maximum Gasteiger partial charge on any atom is 0.328 e. The fourth-order valence-electron chi connectivity index (χ4n) is 7.78. The second-order valence-electron chi connectivity index (χ2n) is 17.8. The van der Waals surface area contributed by atoms with Crippen LogP contribution in [-0.4, -0.2) is 120 Å². The molecule has 0 radical (unpaired) electrons. The molecule has 19 heteroatoms. The van der Waals surface area contributed by atoms with E-state index in [9.17, 15) is 19.2 Å². The number of aliphatic carboxylic acids is 1. The van der Waals surface area contributed by atoms with Gasteiger partial charge in [-0.1, -0.05) is 46.7 Å². The molecule has 2 saturated heterocycles. The maximum atomic E-state index is 13.2. The maximum absolute atomic E-state index is 13.2. The number of hydrogen-bond acceptors (Lipinski definition) is 15. The Morgan fingerprint density at radius 2 is 1.00 bits per heavy atom. The van der Waals surface area contributed by atoms with Gasteiger partial charge >= 0.3 is 5.97 Å². The molecular weight excluding hydrogens is 913 g/mol. The van der Waals surface area contributed by atoms with Crippen molar-refractivity contribution in [1.29, 1.82) is 0 Å². The van der Waals surface area contributed by atoms with Gasteiger partial charge in [0.2, 0.25) is 29.3 Å². The predicted octanol–water partition coefficient (Wildman–Crippen LogP) is 7.17. The molecule has 0 aliphatic carbocycles. The third-order valence-electron chi connectivity index (χ3n) is 12.0. The van der Waals surface area contributed by atoms with Crippen LogP contribution in [0.3, 0.4) is 0 Å². The third kappa shape index (κ3) is 13.7. The minimum absolute atomic E-state index is 0.0578. The van der Waals surface area contributed by atoms with E-state index in [4.69, 9.17) is 33.1 Å². The van der Waals surface area contributed by atoms with Crippen molar-refractivity contribution in [2.45, 2.75) is 76.3 Å². The number of carboxylic acid groups (broad SMARTS) is 1. The molecule has 0 saturated carbocycles. The Kier molecular flexibility index (Phi) is 17.9. The number of amides is 3. The van der Waals surface area contributed by atoms with Crippen molar-refractivity contribution < 1.29 is 52.3 Å². The summed E-state index contributed by atoms with van der Waals surface area (Å²) in [6.45, 7) is 9.43. The lowest BCUT2D eigenvalue weighted by molar-refractivity contribution is -0.143. The molecule has 4 heterocycles. The van der Waals surface area contributed by atoms with Crippen molar-refractivity contribution in [3.8, 4) is 45.8 Å². The van der Waals surface area contributed by atoms with Crippen molar-refractivity contribution in [3.05, 3.63) is 120 Å². The molecule has 2 aromatic heterocycles. The second-order valence-corrected chi connectivity index (χ2v) is 17.8. The van der Waals surface area contributed by atoms with Gasteiger partial charge in [-0.05, 0) is 127 Å². The van der Waals surface area contributed by atoms with E-state index in [-0.39, 0.29) is 23.6 Å². The third-order valence-corrected chi connectivity index (χ3v) is 12.0. The molecule has 0 bridgehead atoms. The molecule has 4 N–H and O–H groups in total. The van der Waals surface area contributed by atoms with Gasteiger partial charge in [0, 0.05) is 47.2 Å². The van der Waals surface area contributed by atoms with Crippen LogP contribution in [0.1, 0.15) is 97.7 Å². The van der Waals surface area contributed by atoms with Gasteiger partial charge in [-0.25, -0.2) is 4.79 Å². The highest BCUT2D eigenvalue weighted by Crippen LogP contribution is 2.35. The zero-order valence-electron chi connectivity index (χ0n) is 41.3. The number of ether oxygens (including phenoxy) is 4. The van der Waals surface area contributed by atoms with Crippen molar-refractivity contribution in [2.24, 2.45) is 0 Å². The molecule has 2 fully saturated rings. The number of nitrogens with one attached hydrogen (secondary N) is 3. The van der Waals surface area contributed by atoms with Crippen LogP contribution >= 0.6 is 0 Å². The summed E-state index contributed by atoms with van der Waals surface area (Å²) < 4.78 is 32.2. The van der Waals surface area contributed by atoms with Crippen LogP contribution in [0.5, 0.6) is 23.0 Å². The molecule has 2 aliphatic heterocycles. The summed E-state index contributed by atoms with van der Waals surface area (Å²) in [7, 11) is 6.38. The van der Waals surface area contributed by atoms with Gasteiger partial charge in [0.25, 0.3) is 11.8 Å². The fraction of sp³-hybridized carbons (Fsp3) is 0.385. The molecule has 3 amide bonds. The Labute approximate surface area is 412 Å². The number of methoxy groups -OCH3 is 4. The topological polar surface area (TPSA) is 243 Å². The van der Waals surface area contributed by atoms with Crippen molar-refractivity contribution in [3.63, 3.8) is 0 Å². The van der Waals surface area contributed by atoms with Crippen LogP contribution in [0.15, 0.2) is 106 Å². The first-order chi connectivity index (χ1) is 34.1. The van der Waals surface area contributed by atoms with Gasteiger partial charge in [0.15, 0.2) is 23.0 Å². The zero-order chi connectivity index (χ0) is 51.1. The molecule has 0 spiro atoms. The van der Waals surface area contributed by atoms with Gasteiger partial charge in [0.1, 0.15) is 11.1 Å². The summed E-state index contributed by atoms with van der Waals surface area (Å²) in [6.07, 6.45) is 3.46. The van der Waals surface area contributed by atoms with Gasteiger partial charge in [0.05, 0.1) is 28.4 Å². The molecule has 376 valence electrons. The van der Waals surface area contributed by atoms with E-state index in [0.29, 0.717) is 83.5 Å². The van der Waals surface area contributed by atoms with Crippen molar-refractivity contribution >= 4 is 23.7 Å². The molecular formula is C52H62N8O11. The smallest absolute Gasteiger partial charge is 0.328 e. The van der Waals surface area contributed by atoms with E-state index in [1.54, 1.807) is 114 Å². The number of carbonyl (C=O) groups excluding carboxylic acids is 3. The number of nitrogens with zero attached hydrogens (tertiary/aromatic N) is 5. The number of rotatable bonds is 14. The molecule has 2 aliphatic rings. The minimum atomic E-state index is -1.26. The Morgan fingerprint density at radius 3 is 1.41 bits per heavy atom. The van der Waals surface area contributed by atoms with E-state index in [0.717, 1.165) is 42.9 Å². The van der Waals surface area contributed by atoms with Crippen LogP contribution in [0, 0.1) is 0 Å². The standard InChI is InChI=1S/C26H30N4O5.C15H19N3O3.C11H13NO3/c1-26(2,28-23(31)17-8-6-5-7-9-17)25(32)30-14-12-18(13-15-30)24-27-22(29-35-24)19-10-11-20(33-3)21(16-19)34-4;1-19-12-4-3-11(9-13(12)20-2)14-17-15(21-18-14)10-5-7-16-8-6-10;1-11(2,10(14)15)12-9(13)8-6-4-3-5-7-8/h5-11,16,18H,12-15H2,1-4H3,(H,28,31);3-4,9-10,16H,5-8H2,1-2H3;3-7H,1-2H3,(H,12,13)(H,14,15). The summed E-state index contributed by atoms with van der Waals surface area (Å²) in [5.74, 6) is 3.47. The first-order valence-corrected chi connectivity index (χ1v) is 23.2. The number of carboxylic acids is 1. The molecule has 71 heavy (non-hydrogen) atoms. The Bertz CT molecular complexity index is 2710. The van der Waals surface area contributed by atoms with Crippen LogP contribution < -0.4 is 34.9 Å². The van der Waals surface area contributed by atoms with Crippen molar-refractivity contribution in [2.75, 3.05) is 54.6 Å². The average molecular weight is 975 g/mol. The fourth-order valence-corrected chi connectivity index (χ4v) is 7.78. The van der Waals surface area contributed by atoms with Crippen LogP contribution in [0.25, 0.3) is 22.8 Å². The zero-order valence-corrected chi connectivity index (χ0v) is 41.3. The minimum Gasteiger partial charge on any atom is -0.493 e. The number of aromatic nitrogens is 4. The number of hydrogen-bond donors (Lipinski definition) is 4. The molecule has 4 aromatic carbocycles. The molecule has 0 unspecified atom stereocenters. The largest absolute Gasteiger partial charge is 0.493 e. The van der Waals surface area contributed by atoms with Crippen LogP contribution in [0.4, 0.5) is 0 Å². The Morgan fingerprint density at radius 1 is 0.592 bits per heavy atom. The van der Waals surface area contributed by atoms with Crippen LogP contribution in [0.2, 0.25) is 0 Å². The van der Waals surface area contributed by atoms with E-state index < -0.39 is 17.0 Å². The molecule has 8 rings (SSSR count). The summed E-state index contributed by atoms with van der Waals surface area (Å²) in [6, 6.07) is 28.4. The van der Waals surface area contributed by atoms with Gasteiger partial charge < -0.3 is 54.0 Å². The first kappa shape index (κ1) is 52.6. The Hall–Kier alpha value is -7.80. The van der Waals surface area contributed by atoms with E-state index >= 15 is 0 Å². The SMILES string of the molecule is CC(C)(NC(=O)c1ccccc1)C(=O)O.COc1ccc(-c2noc(C3CCN(C(=O)C(C)(C)NC(=O)c4ccccc4)CC3)n2)cc1OC.COc1ccc(-c2noc(C3CCNCC3)n2)cc1OC. The quantitative estimate of drug-likeness (QED) is 0.0845. The first-order valence-electron chi connectivity index (χ1n) is 23.2. The summed E-state index contributed by atoms with van der Waals surface area (Å²) in [4.78, 5) is 59.0. The highest BCUT2D eigenvalue weighted by molar-refractivity contribution is 5.99. The van der Waals surface area contributed by atoms with Gasteiger partial charge in [-0.2, -0.15) is 9.97 Å². The number of benzene rings is 4. The van der Waals surface area contributed by atoms with Gasteiger partial charge in [-0.3, -0.25) is 14.4 Å². The lowest BCUT2D eigenvalue weighted by Crippen LogP contribution is -2.57. The average Bonchev–Trinajstić information content (AvgIpc) is 4.11. The normalized spacial score (nSPS) is 14.1. The predicted molar refractivity (Wildman–Crippen MR) is 263 cm³/mol. The number of carbonyl (C=O) groups is 4. The second kappa shape index (κ2) is 24.2. The van der Waals surface area contributed by atoms with Crippen LogP contribution in [-0.2, 0) is 9.59 Å². The highest BCUT2D eigenvalue weighted by atomic mass is 16.5. The van der Waals surface area contributed by atoms with Crippen molar-refractivity contribution in [1.82, 2.24) is 41.1 Å². The van der Waals surface area contributed by atoms with E-state index in [2.05, 4.69) is 36.2 Å². The lowest BCUT2D eigenvalue weighted by atomic mass is 9.94. The molecule has 19 nitrogen and oxygen atoms in total. The molecule has 6 aromatic rings. The van der Waals surface area contributed by atoms with E-state index in [1.807, 2.05) is 30.3 Å². The summed E-state index contributed by atoms with van der Waals surface area (Å²) in [5, 5.41) is 25.7. The number of piperidine rings is 2. The summed E-state index contributed by atoms with van der Waals surface area (Å²) in [5.41, 5.74) is 0.316.